The molecule has 2 N–H and O–H groups in total. The first-order valence-corrected chi connectivity index (χ1v) is 11.8. The van der Waals surface area contributed by atoms with Gasteiger partial charge < -0.3 is 15.4 Å². The highest BCUT2D eigenvalue weighted by Crippen LogP contribution is 2.28. The van der Waals surface area contributed by atoms with E-state index in [-0.39, 0.29) is 18.1 Å². The Kier molecular flexibility index (Phi) is 6.14. The van der Waals surface area contributed by atoms with Crippen molar-refractivity contribution in [1.82, 2.24) is 24.3 Å². The van der Waals surface area contributed by atoms with Gasteiger partial charge in [0.25, 0.3) is 11.4 Å². The van der Waals surface area contributed by atoms with E-state index in [1.165, 1.54) is 11.8 Å². The van der Waals surface area contributed by atoms with Crippen molar-refractivity contribution in [3.8, 4) is 17.7 Å². The zero-order valence-electron chi connectivity index (χ0n) is 20.3. The Labute approximate surface area is 203 Å². The Morgan fingerprint density at radius 1 is 1.26 bits per heavy atom. The van der Waals surface area contributed by atoms with Crippen molar-refractivity contribution in [3.05, 3.63) is 52.1 Å². The second-order valence-corrected chi connectivity index (χ2v) is 8.87. The fourth-order valence-electron chi connectivity index (χ4n) is 4.80. The van der Waals surface area contributed by atoms with Crippen LogP contribution in [0.3, 0.4) is 0 Å². The maximum Gasteiger partial charge on any atom is 0.293 e. The lowest BCUT2D eigenvalue weighted by Gasteiger charge is -2.31. The first kappa shape index (κ1) is 22.9. The number of aryl methyl sites for hydroxylation is 1. The van der Waals surface area contributed by atoms with Crippen LogP contribution >= 0.6 is 0 Å². The van der Waals surface area contributed by atoms with E-state index in [0.717, 1.165) is 41.5 Å². The standard InChI is InChI=1S/C26H29N7O2/c1-4-5-13-32-23-22(29-26(32)31-12-8-10-19(27)15-31)24(35-3)30-33(25(23)34)16-21-20-11-7-6-9-18(20)14-17(2)28-21/h6-7,9,11,14,19H,8,10,12-13,15-16,27H2,1-3H3. The molecule has 1 aromatic carbocycles. The van der Waals surface area contributed by atoms with Gasteiger partial charge in [-0.1, -0.05) is 30.2 Å². The number of ether oxygens (including phenoxy) is 1. The second kappa shape index (κ2) is 9.39. The van der Waals surface area contributed by atoms with E-state index >= 15 is 0 Å². The Balaban J connectivity index is 1.70. The summed E-state index contributed by atoms with van der Waals surface area (Å²) in [6, 6.07) is 10.1. The highest BCUT2D eigenvalue weighted by Gasteiger charge is 2.26. The van der Waals surface area contributed by atoms with Crippen LogP contribution in [0.4, 0.5) is 5.95 Å². The molecular weight excluding hydrogens is 442 g/mol. The van der Waals surface area contributed by atoms with Gasteiger partial charge >= 0.3 is 0 Å². The molecule has 3 aromatic heterocycles. The lowest BCUT2D eigenvalue weighted by molar-refractivity contribution is 0.384. The summed E-state index contributed by atoms with van der Waals surface area (Å²) in [5.74, 6) is 6.99. The molecule has 1 unspecified atom stereocenters. The molecule has 0 aliphatic carbocycles. The van der Waals surface area contributed by atoms with E-state index in [0.29, 0.717) is 36.0 Å². The number of methoxy groups -OCH3 is 1. The highest BCUT2D eigenvalue weighted by atomic mass is 16.5. The normalized spacial score (nSPS) is 15.9. The maximum atomic E-state index is 13.8. The van der Waals surface area contributed by atoms with Crippen LogP contribution in [0.15, 0.2) is 35.1 Å². The zero-order valence-corrected chi connectivity index (χ0v) is 20.3. The van der Waals surface area contributed by atoms with Gasteiger partial charge in [-0.3, -0.25) is 14.3 Å². The molecule has 5 rings (SSSR count). The monoisotopic (exact) mass is 471 g/mol. The molecule has 0 spiro atoms. The van der Waals surface area contributed by atoms with Crippen molar-refractivity contribution in [1.29, 1.82) is 0 Å². The van der Waals surface area contributed by atoms with Gasteiger partial charge in [0.1, 0.15) is 5.52 Å². The van der Waals surface area contributed by atoms with Gasteiger partial charge in [0.2, 0.25) is 5.95 Å². The predicted octanol–water partition coefficient (Wildman–Crippen LogP) is 2.46. The van der Waals surface area contributed by atoms with Gasteiger partial charge in [-0.05, 0) is 38.1 Å². The molecule has 9 nitrogen and oxygen atoms in total. The molecule has 1 aliphatic rings. The molecule has 0 amide bonds. The maximum absolute atomic E-state index is 13.8. The third-order valence-corrected chi connectivity index (χ3v) is 6.39. The smallest absolute Gasteiger partial charge is 0.293 e. The average Bonchev–Trinajstić information content (AvgIpc) is 3.24. The minimum Gasteiger partial charge on any atom is -0.478 e. The molecule has 4 aromatic rings. The molecule has 0 radical (unpaired) electrons. The van der Waals surface area contributed by atoms with E-state index in [1.54, 1.807) is 6.92 Å². The number of nitrogens with two attached hydrogens (primary N) is 1. The first-order valence-electron chi connectivity index (χ1n) is 11.8. The number of pyridine rings is 1. The molecule has 35 heavy (non-hydrogen) atoms. The van der Waals surface area contributed by atoms with Crippen LogP contribution < -0.4 is 20.9 Å². The summed E-state index contributed by atoms with van der Waals surface area (Å²) in [5.41, 5.74) is 8.50. The molecule has 0 saturated carbocycles. The number of nitrogens with zero attached hydrogens (tertiary/aromatic N) is 6. The van der Waals surface area contributed by atoms with E-state index in [1.807, 2.05) is 41.8 Å². The Bertz CT molecular complexity index is 1530. The summed E-state index contributed by atoms with van der Waals surface area (Å²) in [5, 5.41) is 6.59. The molecule has 1 fully saturated rings. The molecule has 0 bridgehead atoms. The van der Waals surface area contributed by atoms with Crippen LogP contribution in [0.5, 0.6) is 5.88 Å². The van der Waals surface area contributed by atoms with Crippen molar-refractivity contribution in [3.63, 3.8) is 0 Å². The van der Waals surface area contributed by atoms with Gasteiger partial charge in [-0.2, -0.15) is 0 Å². The second-order valence-electron chi connectivity index (χ2n) is 8.87. The fourth-order valence-corrected chi connectivity index (χ4v) is 4.80. The number of aromatic nitrogens is 5. The van der Waals surface area contributed by atoms with Gasteiger partial charge in [-0.25, -0.2) is 9.67 Å². The van der Waals surface area contributed by atoms with Crippen molar-refractivity contribution >= 4 is 27.8 Å². The SMILES string of the molecule is CC#CCn1c(N2CCCC(N)C2)nc2c(OC)nn(Cc3nc(C)cc4ccccc34)c(=O)c21. The van der Waals surface area contributed by atoms with Crippen molar-refractivity contribution in [2.75, 3.05) is 25.1 Å². The third kappa shape index (κ3) is 4.21. The summed E-state index contributed by atoms with van der Waals surface area (Å²) in [6.45, 7) is 5.77. The van der Waals surface area contributed by atoms with Gasteiger partial charge in [0.15, 0.2) is 5.52 Å². The summed E-state index contributed by atoms with van der Waals surface area (Å²) >= 11 is 0. The van der Waals surface area contributed by atoms with Crippen LogP contribution in [0.2, 0.25) is 0 Å². The average molecular weight is 472 g/mol. The molecule has 1 atom stereocenters. The Morgan fingerprint density at radius 3 is 2.86 bits per heavy atom. The molecule has 1 aliphatic heterocycles. The first-order chi connectivity index (χ1) is 17.0. The molecule has 180 valence electrons. The van der Waals surface area contributed by atoms with Crippen LogP contribution in [0.25, 0.3) is 21.8 Å². The number of hydrogen-bond acceptors (Lipinski definition) is 7. The molecule has 4 heterocycles. The van der Waals surface area contributed by atoms with Gasteiger partial charge in [0, 0.05) is 30.2 Å². The fraction of sp³-hybridized carbons (Fsp3) is 0.385. The van der Waals surface area contributed by atoms with E-state index in [4.69, 9.17) is 20.4 Å². The van der Waals surface area contributed by atoms with Crippen LogP contribution in [-0.4, -0.2) is 50.6 Å². The lowest BCUT2D eigenvalue weighted by Crippen LogP contribution is -2.44. The number of hydrogen-bond donors (Lipinski definition) is 1. The van der Waals surface area contributed by atoms with E-state index in [2.05, 4.69) is 21.8 Å². The lowest BCUT2D eigenvalue weighted by atomic mass is 10.1. The van der Waals surface area contributed by atoms with E-state index < -0.39 is 0 Å². The Morgan fingerprint density at radius 2 is 2.09 bits per heavy atom. The van der Waals surface area contributed by atoms with Crippen molar-refractivity contribution in [2.24, 2.45) is 5.73 Å². The summed E-state index contributed by atoms with van der Waals surface area (Å²) < 4.78 is 8.89. The number of fused-ring (bicyclic) bond motifs is 2. The zero-order chi connectivity index (χ0) is 24.5. The molecular formula is C26H29N7O2. The summed E-state index contributed by atoms with van der Waals surface area (Å²) in [4.78, 5) is 25.5. The van der Waals surface area contributed by atoms with Crippen LogP contribution in [0, 0.1) is 18.8 Å². The number of benzene rings is 1. The van der Waals surface area contributed by atoms with Crippen LogP contribution in [-0.2, 0) is 13.1 Å². The summed E-state index contributed by atoms with van der Waals surface area (Å²) in [6.07, 6.45) is 1.94. The van der Waals surface area contributed by atoms with Crippen LogP contribution in [0.1, 0.15) is 31.2 Å². The van der Waals surface area contributed by atoms with Crippen molar-refractivity contribution < 1.29 is 4.74 Å². The molecule has 9 heteroatoms. The highest BCUT2D eigenvalue weighted by molar-refractivity contribution is 5.85. The number of piperidine rings is 1. The minimum atomic E-state index is -0.258. The number of imidazole rings is 1. The topological polar surface area (TPSA) is 104 Å². The van der Waals surface area contributed by atoms with E-state index in [9.17, 15) is 4.79 Å². The van der Waals surface area contributed by atoms with Crippen molar-refractivity contribution in [2.45, 2.75) is 45.8 Å². The molecule has 1 saturated heterocycles. The minimum absolute atomic E-state index is 0.0617. The quantitative estimate of drug-likeness (QED) is 0.446. The largest absolute Gasteiger partial charge is 0.478 e. The number of anilines is 1. The number of rotatable bonds is 5. The van der Waals surface area contributed by atoms with Gasteiger partial charge in [-0.15, -0.1) is 11.0 Å². The van der Waals surface area contributed by atoms with Gasteiger partial charge in [0.05, 0.1) is 25.9 Å². The Hall–Kier alpha value is -3.90. The third-order valence-electron chi connectivity index (χ3n) is 6.39. The summed E-state index contributed by atoms with van der Waals surface area (Å²) in [7, 11) is 1.54. The predicted molar refractivity (Wildman–Crippen MR) is 137 cm³/mol.